The highest BCUT2D eigenvalue weighted by Crippen LogP contribution is 2.41. The fourth-order valence-corrected chi connectivity index (χ4v) is 2.78. The van der Waals surface area contributed by atoms with E-state index in [2.05, 4.69) is 27.5 Å². The first-order chi connectivity index (χ1) is 8.42. The zero-order valence-corrected chi connectivity index (χ0v) is 11.0. The minimum absolute atomic E-state index is 0.154. The smallest absolute Gasteiger partial charge is 0.425 e. The first kappa shape index (κ1) is 13.4. The molecule has 0 aromatic rings. The van der Waals surface area contributed by atoms with E-state index in [-0.39, 0.29) is 26.3 Å². The van der Waals surface area contributed by atoms with Crippen LogP contribution in [0.3, 0.4) is 0 Å². The van der Waals surface area contributed by atoms with Crippen LogP contribution >= 0.6 is 20.4 Å². The Morgan fingerprint density at radius 3 is 2.39 bits per heavy atom. The molecular formula is C6H12N5O5PS. The van der Waals surface area contributed by atoms with Crippen molar-refractivity contribution in [3.05, 3.63) is 0 Å². The zero-order valence-electron chi connectivity index (χ0n) is 9.18. The molecule has 2 fully saturated rings. The number of carbonyl (C=O) groups excluding carboxylic acids is 2. The van der Waals surface area contributed by atoms with E-state index >= 15 is 0 Å². The first-order valence-corrected chi connectivity index (χ1v) is 7.09. The van der Waals surface area contributed by atoms with Gasteiger partial charge in [-0.1, -0.05) is 17.0 Å². The van der Waals surface area contributed by atoms with Crippen LogP contribution in [0.15, 0.2) is 0 Å². The number of rotatable bonds is 4. The summed E-state index contributed by atoms with van der Waals surface area (Å²) in [7, 11) is -3.76. The molecular weight excluding hydrogens is 285 g/mol. The van der Waals surface area contributed by atoms with Crippen LogP contribution in [0.25, 0.3) is 0 Å². The van der Waals surface area contributed by atoms with Crippen molar-refractivity contribution in [1.82, 2.24) is 19.4 Å². The van der Waals surface area contributed by atoms with E-state index < -0.39 is 19.8 Å². The van der Waals surface area contributed by atoms with Crippen molar-refractivity contribution in [2.24, 2.45) is 5.50 Å². The highest BCUT2D eigenvalue weighted by molar-refractivity contribution is 7.85. The maximum absolute atomic E-state index is 12.2. The molecule has 102 valence electrons. The Morgan fingerprint density at radius 1 is 1.28 bits per heavy atom. The number of nitrogens with one attached hydrogen (secondary N) is 1. The van der Waals surface area contributed by atoms with Gasteiger partial charge >= 0.3 is 19.8 Å². The third-order valence-electron chi connectivity index (χ3n) is 2.25. The molecule has 2 aliphatic rings. The number of thiol groups is 1. The van der Waals surface area contributed by atoms with Crippen molar-refractivity contribution >= 4 is 32.6 Å². The molecule has 2 saturated heterocycles. The summed E-state index contributed by atoms with van der Waals surface area (Å²) >= 11 is 3.90. The quantitative estimate of drug-likeness (QED) is 0.470. The number of carbonyl (C=O) groups is 2. The monoisotopic (exact) mass is 297 g/mol. The van der Waals surface area contributed by atoms with Crippen LogP contribution < -0.4 is 10.7 Å². The van der Waals surface area contributed by atoms with Gasteiger partial charge in [-0.3, -0.25) is 10.1 Å². The Hall–Kier alpha value is -1.00. The van der Waals surface area contributed by atoms with Crippen molar-refractivity contribution in [3.8, 4) is 0 Å². The van der Waals surface area contributed by atoms with Crippen LogP contribution in [0.5, 0.6) is 0 Å². The Labute approximate surface area is 108 Å². The largest absolute Gasteiger partial charge is 0.447 e. The molecule has 2 amide bonds. The number of hydrogen-bond donors (Lipinski definition) is 3. The van der Waals surface area contributed by atoms with Gasteiger partial charge in [0.15, 0.2) is 0 Å². The predicted octanol–water partition coefficient (Wildman–Crippen LogP) is -0.476. The summed E-state index contributed by atoms with van der Waals surface area (Å²) in [5.41, 5.74) is 5.54. The van der Waals surface area contributed by atoms with Crippen molar-refractivity contribution in [2.45, 2.75) is 0 Å². The van der Waals surface area contributed by atoms with Crippen molar-refractivity contribution in [3.63, 3.8) is 0 Å². The number of nitrogens with two attached hydrogens (primary N) is 1. The lowest BCUT2D eigenvalue weighted by Crippen LogP contribution is -2.46. The molecule has 0 saturated carbocycles. The van der Waals surface area contributed by atoms with E-state index in [1.165, 1.54) is 0 Å². The number of nitrogens with zero attached hydrogens (tertiary/aromatic N) is 3. The highest BCUT2D eigenvalue weighted by Gasteiger charge is 2.39. The van der Waals surface area contributed by atoms with Gasteiger partial charge in [0.25, 0.3) is 0 Å². The van der Waals surface area contributed by atoms with Gasteiger partial charge in [-0.2, -0.15) is 0 Å². The molecule has 2 rings (SSSR count). The Balaban J connectivity index is 2.03. The summed E-state index contributed by atoms with van der Waals surface area (Å²) in [6.07, 6.45) is -1.40. The van der Waals surface area contributed by atoms with Gasteiger partial charge < -0.3 is 9.47 Å². The van der Waals surface area contributed by atoms with Crippen LogP contribution in [0.2, 0.25) is 0 Å². The van der Waals surface area contributed by atoms with E-state index in [0.29, 0.717) is 0 Å². The molecule has 18 heavy (non-hydrogen) atoms. The lowest BCUT2D eigenvalue weighted by molar-refractivity contribution is 0.131. The second kappa shape index (κ2) is 4.94. The molecule has 2 aliphatic heterocycles. The van der Waals surface area contributed by atoms with Gasteiger partial charge in [0.05, 0.1) is 13.1 Å². The fourth-order valence-electron chi connectivity index (χ4n) is 1.41. The van der Waals surface area contributed by atoms with Crippen molar-refractivity contribution < 1.29 is 23.6 Å². The van der Waals surface area contributed by atoms with Gasteiger partial charge in [0, 0.05) is 0 Å². The predicted molar refractivity (Wildman–Crippen MR) is 61.9 cm³/mol. The summed E-state index contributed by atoms with van der Waals surface area (Å²) in [6.45, 7) is 0.702. The minimum atomic E-state index is -3.76. The molecule has 1 unspecified atom stereocenters. The van der Waals surface area contributed by atoms with Gasteiger partial charge in [0.1, 0.15) is 13.2 Å². The van der Waals surface area contributed by atoms with E-state index in [1.54, 1.807) is 0 Å². The SMILES string of the molecule is NP(=O)(NN1CCOC1=O)N(S)N1CCOC1=O. The minimum Gasteiger partial charge on any atom is -0.447 e. The van der Waals surface area contributed by atoms with Gasteiger partial charge in [-0.05, 0) is 0 Å². The fraction of sp³-hybridized carbons (Fsp3) is 0.667. The molecule has 0 spiro atoms. The lowest BCUT2D eigenvalue weighted by atomic mass is 10.7. The van der Waals surface area contributed by atoms with Crippen LogP contribution in [-0.4, -0.2) is 52.7 Å². The summed E-state index contributed by atoms with van der Waals surface area (Å²) in [6, 6.07) is 0. The molecule has 0 bridgehead atoms. The Bertz CT molecular complexity index is 421. The number of hydrogen-bond acceptors (Lipinski definition) is 6. The van der Waals surface area contributed by atoms with Crippen LogP contribution in [0.1, 0.15) is 0 Å². The molecule has 0 aromatic heterocycles. The maximum Gasteiger partial charge on any atom is 0.425 e. The van der Waals surface area contributed by atoms with Crippen molar-refractivity contribution in [2.75, 3.05) is 26.3 Å². The van der Waals surface area contributed by atoms with Crippen LogP contribution in [0, 0.1) is 0 Å². The van der Waals surface area contributed by atoms with Gasteiger partial charge in [0.2, 0.25) is 0 Å². The molecule has 3 N–H and O–H groups in total. The molecule has 2 heterocycles. The van der Waals surface area contributed by atoms with E-state index in [4.69, 9.17) is 5.50 Å². The standard InChI is InChI=1S/C6H12N5O5PS/c7-17(14,8-9-1-3-15-5(9)12)11(18)10-2-4-16-6(10)13/h18H,1-4H2,(H3,7,8,14). The second-order valence-electron chi connectivity index (χ2n) is 3.49. The Kier molecular flexibility index (Phi) is 3.69. The molecule has 1 atom stereocenters. The normalized spacial score (nSPS) is 23.3. The summed E-state index contributed by atoms with van der Waals surface area (Å²) in [4.78, 5) is 22.4. The van der Waals surface area contributed by atoms with Gasteiger partial charge in [-0.15, -0.1) is 5.20 Å². The number of hydrazine groups is 2. The average Bonchev–Trinajstić information content (AvgIpc) is 2.87. The summed E-state index contributed by atoms with van der Waals surface area (Å²) < 4.78 is 22.2. The van der Waals surface area contributed by atoms with E-state index in [0.717, 1.165) is 14.2 Å². The summed E-state index contributed by atoms with van der Waals surface area (Å²) in [5.74, 6) is 0. The third-order valence-corrected chi connectivity index (χ3v) is 4.53. The van der Waals surface area contributed by atoms with E-state index in [9.17, 15) is 14.2 Å². The number of ether oxygens (including phenoxy) is 2. The molecule has 0 radical (unpaired) electrons. The topological polar surface area (TPSA) is 117 Å². The first-order valence-electron chi connectivity index (χ1n) is 4.96. The second-order valence-corrected chi connectivity index (χ2v) is 6.01. The molecule has 12 heteroatoms. The van der Waals surface area contributed by atoms with E-state index in [1.807, 2.05) is 0 Å². The van der Waals surface area contributed by atoms with Crippen LogP contribution in [-0.2, 0) is 14.0 Å². The molecule has 0 aromatic carbocycles. The zero-order chi connectivity index (χ0) is 13.3. The van der Waals surface area contributed by atoms with Crippen LogP contribution in [0.4, 0.5) is 9.59 Å². The lowest BCUT2D eigenvalue weighted by Gasteiger charge is -2.30. The average molecular weight is 297 g/mol. The third kappa shape index (κ3) is 2.54. The summed E-state index contributed by atoms with van der Waals surface area (Å²) in [5, 5.41) is 4.23. The Morgan fingerprint density at radius 2 is 1.89 bits per heavy atom. The number of cyclic esters (lactones) is 2. The highest BCUT2D eigenvalue weighted by atomic mass is 32.1. The number of amides is 2. The molecule has 10 nitrogen and oxygen atoms in total. The van der Waals surface area contributed by atoms with Gasteiger partial charge in [-0.25, -0.2) is 19.6 Å². The maximum atomic E-state index is 12.2. The molecule has 0 aliphatic carbocycles. The van der Waals surface area contributed by atoms with Crippen molar-refractivity contribution in [1.29, 1.82) is 0 Å².